The summed E-state index contributed by atoms with van der Waals surface area (Å²) in [5, 5.41) is 9.13. The Morgan fingerprint density at radius 1 is 1.50 bits per heavy atom. The lowest BCUT2D eigenvalue weighted by Crippen LogP contribution is -2.04. The highest BCUT2D eigenvalue weighted by Crippen LogP contribution is 2.26. The van der Waals surface area contributed by atoms with E-state index >= 15 is 0 Å². The number of nitrogens with one attached hydrogen (secondary N) is 1. The van der Waals surface area contributed by atoms with Gasteiger partial charge in [0, 0.05) is 6.54 Å². The van der Waals surface area contributed by atoms with Gasteiger partial charge >= 0.3 is 5.97 Å². The lowest BCUT2D eigenvalue weighted by molar-refractivity contribution is 0.0692. The van der Waals surface area contributed by atoms with Crippen LogP contribution in [0.1, 0.15) is 17.4 Å². The first-order chi connectivity index (χ1) is 9.63. The van der Waals surface area contributed by atoms with Gasteiger partial charge in [0.15, 0.2) is 17.3 Å². The van der Waals surface area contributed by atoms with Crippen LogP contribution in [0, 0.1) is 5.82 Å². The molecule has 0 radical (unpaired) electrons. The monoisotopic (exact) mass is 274 g/mol. The van der Waals surface area contributed by atoms with Crippen LogP contribution in [-0.2, 0) is 6.54 Å². The number of hydrogen-bond donors (Lipinski definition) is 2. The van der Waals surface area contributed by atoms with Gasteiger partial charge in [0.1, 0.15) is 11.2 Å². The summed E-state index contributed by atoms with van der Waals surface area (Å²) in [6, 6.07) is 4.66. The number of halogens is 1. The maximum atomic E-state index is 13.8. The zero-order valence-corrected chi connectivity index (χ0v) is 10.6. The van der Waals surface area contributed by atoms with Crippen LogP contribution >= 0.6 is 0 Å². The Hall–Kier alpha value is -2.70. The molecule has 2 heterocycles. The summed E-state index contributed by atoms with van der Waals surface area (Å²) in [5.41, 5.74) is 0.968. The number of nitrogens with zero attached hydrogens (tertiary/aromatic N) is 3. The predicted molar refractivity (Wildman–Crippen MR) is 69.9 cm³/mol. The van der Waals surface area contributed by atoms with Crippen molar-refractivity contribution in [2.45, 2.75) is 13.5 Å². The summed E-state index contributed by atoms with van der Waals surface area (Å²) in [7, 11) is 0. The van der Waals surface area contributed by atoms with E-state index < -0.39 is 11.8 Å². The van der Waals surface area contributed by atoms with Gasteiger partial charge in [-0.15, -0.1) is 0 Å². The fourth-order valence-electron chi connectivity index (χ4n) is 2.24. The molecule has 0 saturated heterocycles. The summed E-state index contributed by atoms with van der Waals surface area (Å²) < 4.78 is 15.5. The van der Waals surface area contributed by atoms with Crippen molar-refractivity contribution in [3.05, 3.63) is 36.0 Å². The average Bonchev–Trinajstić information content (AvgIpc) is 3.02. The minimum absolute atomic E-state index is 0.0598. The van der Waals surface area contributed by atoms with Gasteiger partial charge < -0.3 is 14.7 Å². The van der Waals surface area contributed by atoms with E-state index in [4.69, 9.17) is 5.11 Å². The Labute approximate surface area is 112 Å². The number of hydrogen-bond acceptors (Lipinski definition) is 3. The number of H-pyrrole nitrogens is 1. The lowest BCUT2D eigenvalue weighted by atomic mass is 10.3. The summed E-state index contributed by atoms with van der Waals surface area (Å²) >= 11 is 0. The number of imidazole rings is 2. The predicted octanol–water partition coefficient (Wildman–Crippen LogP) is 2.28. The third-order valence-electron chi connectivity index (χ3n) is 3.11. The van der Waals surface area contributed by atoms with Crippen molar-refractivity contribution >= 4 is 17.0 Å². The molecule has 102 valence electrons. The highest BCUT2D eigenvalue weighted by atomic mass is 19.1. The second kappa shape index (κ2) is 4.44. The number of rotatable bonds is 3. The smallest absolute Gasteiger partial charge is 0.354 e. The molecule has 20 heavy (non-hydrogen) atoms. The summed E-state index contributed by atoms with van der Waals surface area (Å²) in [6.07, 6.45) is 1.29. The standard InChI is InChI=1S/C13H11FN4O2/c1-2-18-8-5-3-4-7(14)9(8)17-12(18)10-11(13(19)20)16-6-15-10/h3-6H,2H2,1H3,(H,15,16)(H,19,20). The van der Waals surface area contributed by atoms with Crippen LogP contribution in [0.2, 0.25) is 0 Å². The molecule has 0 amide bonds. The average molecular weight is 274 g/mol. The molecule has 3 aromatic rings. The molecule has 2 N–H and O–H groups in total. The van der Waals surface area contributed by atoms with Crippen molar-refractivity contribution in [3.8, 4) is 11.5 Å². The number of para-hydroxylation sites is 1. The van der Waals surface area contributed by atoms with Crippen LogP contribution in [0.3, 0.4) is 0 Å². The first-order valence-corrected chi connectivity index (χ1v) is 6.05. The number of aryl methyl sites for hydroxylation is 1. The molecule has 0 aliphatic carbocycles. The van der Waals surface area contributed by atoms with E-state index in [0.29, 0.717) is 17.9 Å². The Balaban J connectivity index is 2.33. The molecule has 0 fully saturated rings. The summed E-state index contributed by atoms with van der Waals surface area (Å²) in [5.74, 6) is -1.23. The van der Waals surface area contributed by atoms with Gasteiger partial charge in [-0.05, 0) is 19.1 Å². The minimum Gasteiger partial charge on any atom is -0.477 e. The third-order valence-corrected chi connectivity index (χ3v) is 3.11. The van der Waals surface area contributed by atoms with E-state index in [1.165, 1.54) is 12.4 Å². The zero-order chi connectivity index (χ0) is 14.3. The van der Waals surface area contributed by atoms with Crippen molar-refractivity contribution in [1.82, 2.24) is 19.5 Å². The number of aromatic amines is 1. The third kappa shape index (κ3) is 1.67. The number of aromatic nitrogens is 4. The van der Waals surface area contributed by atoms with Crippen molar-refractivity contribution in [2.24, 2.45) is 0 Å². The van der Waals surface area contributed by atoms with E-state index in [9.17, 15) is 9.18 Å². The van der Waals surface area contributed by atoms with Crippen LogP contribution in [-0.4, -0.2) is 30.6 Å². The Morgan fingerprint density at radius 2 is 2.30 bits per heavy atom. The highest BCUT2D eigenvalue weighted by Gasteiger charge is 2.21. The van der Waals surface area contributed by atoms with E-state index in [0.717, 1.165) is 0 Å². The number of aromatic carboxylic acids is 1. The van der Waals surface area contributed by atoms with Crippen LogP contribution in [0.4, 0.5) is 4.39 Å². The van der Waals surface area contributed by atoms with E-state index in [1.54, 1.807) is 16.7 Å². The quantitative estimate of drug-likeness (QED) is 0.767. The van der Waals surface area contributed by atoms with Gasteiger partial charge in [-0.2, -0.15) is 0 Å². The summed E-state index contributed by atoms with van der Waals surface area (Å²) in [6.45, 7) is 2.41. The second-order valence-electron chi connectivity index (χ2n) is 4.22. The zero-order valence-electron chi connectivity index (χ0n) is 10.6. The number of fused-ring (bicyclic) bond motifs is 1. The Bertz CT molecular complexity index is 806. The van der Waals surface area contributed by atoms with Crippen molar-refractivity contribution in [1.29, 1.82) is 0 Å². The lowest BCUT2D eigenvalue weighted by Gasteiger charge is -2.04. The molecule has 0 bridgehead atoms. The van der Waals surface area contributed by atoms with Gasteiger partial charge in [0.05, 0.1) is 11.8 Å². The first kappa shape index (κ1) is 12.3. The number of carboxylic acid groups (broad SMARTS) is 1. The maximum absolute atomic E-state index is 13.8. The normalized spacial score (nSPS) is 11.1. The molecule has 1 aromatic carbocycles. The Morgan fingerprint density at radius 3 is 3.00 bits per heavy atom. The fraction of sp³-hybridized carbons (Fsp3) is 0.154. The van der Waals surface area contributed by atoms with E-state index in [-0.39, 0.29) is 16.9 Å². The molecule has 0 atom stereocenters. The second-order valence-corrected chi connectivity index (χ2v) is 4.22. The molecular formula is C13H11FN4O2. The number of benzene rings is 1. The van der Waals surface area contributed by atoms with E-state index in [2.05, 4.69) is 15.0 Å². The number of carbonyl (C=O) groups is 1. The molecule has 2 aromatic heterocycles. The van der Waals surface area contributed by atoms with Crippen LogP contribution < -0.4 is 0 Å². The highest BCUT2D eigenvalue weighted by molar-refractivity contribution is 5.93. The van der Waals surface area contributed by atoms with Crippen LogP contribution in [0.5, 0.6) is 0 Å². The van der Waals surface area contributed by atoms with Gasteiger partial charge in [-0.1, -0.05) is 6.07 Å². The number of carboxylic acids is 1. The fourth-order valence-corrected chi connectivity index (χ4v) is 2.24. The van der Waals surface area contributed by atoms with Gasteiger partial charge in [0.2, 0.25) is 0 Å². The molecule has 0 spiro atoms. The summed E-state index contributed by atoms with van der Waals surface area (Å²) in [4.78, 5) is 21.9. The van der Waals surface area contributed by atoms with Gasteiger partial charge in [-0.3, -0.25) is 0 Å². The van der Waals surface area contributed by atoms with Gasteiger partial charge in [0.25, 0.3) is 0 Å². The van der Waals surface area contributed by atoms with Crippen LogP contribution in [0.15, 0.2) is 24.5 Å². The molecule has 0 aliphatic rings. The van der Waals surface area contributed by atoms with Crippen molar-refractivity contribution < 1.29 is 14.3 Å². The van der Waals surface area contributed by atoms with Crippen molar-refractivity contribution in [3.63, 3.8) is 0 Å². The molecule has 0 saturated carbocycles. The topological polar surface area (TPSA) is 83.8 Å². The molecule has 6 nitrogen and oxygen atoms in total. The molecular weight excluding hydrogens is 263 g/mol. The Kier molecular flexibility index (Phi) is 2.74. The minimum atomic E-state index is -1.13. The molecule has 0 aliphatic heterocycles. The van der Waals surface area contributed by atoms with E-state index in [1.807, 2.05) is 6.92 Å². The van der Waals surface area contributed by atoms with Gasteiger partial charge in [-0.25, -0.2) is 19.2 Å². The molecule has 0 unspecified atom stereocenters. The SMILES string of the molecule is CCn1c(-c2nc[nH]c2C(=O)O)nc2c(F)cccc21. The molecule has 7 heteroatoms. The first-order valence-electron chi connectivity index (χ1n) is 6.05. The van der Waals surface area contributed by atoms with Crippen molar-refractivity contribution in [2.75, 3.05) is 0 Å². The van der Waals surface area contributed by atoms with Crippen LogP contribution in [0.25, 0.3) is 22.6 Å². The maximum Gasteiger partial charge on any atom is 0.354 e. The largest absolute Gasteiger partial charge is 0.477 e. The molecule has 3 rings (SSSR count).